The second-order valence-corrected chi connectivity index (χ2v) is 7.62. The van der Waals surface area contributed by atoms with Gasteiger partial charge in [0.1, 0.15) is 6.54 Å². The van der Waals surface area contributed by atoms with Crippen LogP contribution in [0.1, 0.15) is 6.92 Å². The molecule has 3 aromatic rings. The van der Waals surface area contributed by atoms with Gasteiger partial charge in [-0.15, -0.1) is 10.2 Å². The van der Waals surface area contributed by atoms with Crippen molar-refractivity contribution in [1.29, 1.82) is 0 Å². The highest BCUT2D eigenvalue weighted by molar-refractivity contribution is 8.00. The number of aromatic nitrogens is 4. The van der Waals surface area contributed by atoms with Gasteiger partial charge >= 0.3 is 12.2 Å². The first-order valence-corrected chi connectivity index (χ1v) is 9.85. The number of para-hydroxylation sites is 1. The predicted molar refractivity (Wildman–Crippen MR) is 108 cm³/mol. The molecule has 0 bridgehead atoms. The van der Waals surface area contributed by atoms with E-state index in [0.717, 1.165) is 16.3 Å². The first kappa shape index (κ1) is 22.3. The van der Waals surface area contributed by atoms with Crippen LogP contribution in [0.5, 0.6) is 0 Å². The number of hydrogen-bond acceptors (Lipinski definition) is 6. The van der Waals surface area contributed by atoms with Crippen LogP contribution in [0.3, 0.4) is 0 Å². The Bertz CT molecular complexity index is 1040. The van der Waals surface area contributed by atoms with Crippen LogP contribution in [0.2, 0.25) is 0 Å². The van der Waals surface area contributed by atoms with Gasteiger partial charge in [0.25, 0.3) is 0 Å². The average Bonchev–Trinajstić information content (AvgIpc) is 3.09. The van der Waals surface area contributed by atoms with E-state index in [-0.39, 0.29) is 11.0 Å². The zero-order valence-corrected chi connectivity index (χ0v) is 16.9. The molecule has 0 saturated carbocycles. The van der Waals surface area contributed by atoms with Gasteiger partial charge in [-0.1, -0.05) is 30.0 Å². The number of urea groups is 1. The van der Waals surface area contributed by atoms with Gasteiger partial charge in [-0.3, -0.25) is 19.7 Å². The lowest BCUT2D eigenvalue weighted by Gasteiger charge is -2.15. The molecule has 3 amide bonds. The number of rotatable bonds is 6. The molecule has 8 nitrogen and oxygen atoms in total. The maximum Gasteiger partial charge on any atom is 0.406 e. The fourth-order valence-electron chi connectivity index (χ4n) is 2.52. The standard InChI is InChI=1S/C19H17F3N6O2S/c1-12(16(29)25-17(30)24-14-5-3-2-4-6-14)31-18-27-26-15(13-7-9-23-10-8-13)28(18)11-19(20,21)22/h2-10,12H,11H2,1H3,(H2,24,25,29,30). The van der Waals surface area contributed by atoms with Crippen LogP contribution in [0.15, 0.2) is 60.0 Å². The third kappa shape index (κ3) is 6.28. The summed E-state index contributed by atoms with van der Waals surface area (Å²) in [5.41, 5.74) is 0.887. The van der Waals surface area contributed by atoms with E-state index in [1.807, 2.05) is 0 Å². The number of nitrogens with zero attached hydrogens (tertiary/aromatic N) is 4. The number of hydrogen-bond donors (Lipinski definition) is 2. The van der Waals surface area contributed by atoms with E-state index in [0.29, 0.717) is 11.3 Å². The smallest absolute Gasteiger partial charge is 0.308 e. The summed E-state index contributed by atoms with van der Waals surface area (Å²) >= 11 is 0.764. The zero-order chi connectivity index (χ0) is 22.4. The third-order valence-corrected chi connectivity index (χ3v) is 4.99. The Hall–Kier alpha value is -3.41. The van der Waals surface area contributed by atoms with Gasteiger partial charge in [-0.2, -0.15) is 13.2 Å². The number of pyridine rings is 1. The maximum atomic E-state index is 13.1. The molecular weight excluding hydrogens is 433 g/mol. The number of carbonyl (C=O) groups is 2. The zero-order valence-electron chi connectivity index (χ0n) is 16.1. The van der Waals surface area contributed by atoms with Crippen LogP contribution in [-0.2, 0) is 11.3 Å². The van der Waals surface area contributed by atoms with Crippen LogP contribution >= 0.6 is 11.8 Å². The maximum absolute atomic E-state index is 13.1. The van der Waals surface area contributed by atoms with E-state index in [1.165, 1.54) is 31.5 Å². The highest BCUT2D eigenvalue weighted by Crippen LogP contribution is 2.30. The van der Waals surface area contributed by atoms with Crippen molar-refractivity contribution >= 4 is 29.4 Å². The number of anilines is 1. The molecule has 162 valence electrons. The number of benzene rings is 1. The second kappa shape index (κ2) is 9.60. The van der Waals surface area contributed by atoms with E-state index in [1.54, 1.807) is 30.3 Å². The Morgan fingerprint density at radius 3 is 2.42 bits per heavy atom. The van der Waals surface area contributed by atoms with Crippen molar-refractivity contribution in [3.8, 4) is 11.4 Å². The summed E-state index contributed by atoms with van der Waals surface area (Å²) in [7, 11) is 0. The van der Waals surface area contributed by atoms with Gasteiger partial charge in [0.2, 0.25) is 5.91 Å². The minimum absolute atomic E-state index is 0.00310. The van der Waals surface area contributed by atoms with Gasteiger partial charge in [0.15, 0.2) is 11.0 Å². The first-order valence-electron chi connectivity index (χ1n) is 8.97. The van der Waals surface area contributed by atoms with E-state index < -0.39 is 29.9 Å². The molecule has 0 fully saturated rings. The molecule has 31 heavy (non-hydrogen) atoms. The van der Waals surface area contributed by atoms with Crippen molar-refractivity contribution in [2.45, 2.75) is 30.1 Å². The van der Waals surface area contributed by atoms with Gasteiger partial charge in [0.05, 0.1) is 5.25 Å². The van der Waals surface area contributed by atoms with Crippen molar-refractivity contribution in [2.24, 2.45) is 0 Å². The molecule has 1 atom stereocenters. The summed E-state index contributed by atoms with van der Waals surface area (Å²) in [5, 5.41) is 11.3. The molecule has 1 aromatic carbocycles. The lowest BCUT2D eigenvalue weighted by atomic mass is 10.2. The van der Waals surface area contributed by atoms with Crippen molar-refractivity contribution in [1.82, 2.24) is 25.1 Å². The second-order valence-electron chi connectivity index (χ2n) is 6.31. The Morgan fingerprint density at radius 1 is 1.10 bits per heavy atom. The van der Waals surface area contributed by atoms with Crippen molar-refractivity contribution in [3.63, 3.8) is 0 Å². The molecule has 2 N–H and O–H groups in total. The number of thioether (sulfide) groups is 1. The molecule has 0 aliphatic rings. The molecule has 0 spiro atoms. The molecule has 12 heteroatoms. The number of nitrogens with one attached hydrogen (secondary N) is 2. The molecule has 0 aliphatic heterocycles. The number of halogens is 3. The molecule has 0 saturated heterocycles. The van der Waals surface area contributed by atoms with Gasteiger partial charge in [-0.05, 0) is 31.2 Å². The summed E-state index contributed by atoms with van der Waals surface area (Å²) in [5.74, 6) is -0.692. The monoisotopic (exact) mass is 450 g/mol. The summed E-state index contributed by atoms with van der Waals surface area (Å²) in [4.78, 5) is 28.2. The Morgan fingerprint density at radius 2 is 1.77 bits per heavy atom. The van der Waals surface area contributed by atoms with Crippen LogP contribution in [0.4, 0.5) is 23.7 Å². The average molecular weight is 450 g/mol. The molecular formula is C19H17F3N6O2S. The topological polar surface area (TPSA) is 102 Å². The van der Waals surface area contributed by atoms with Crippen molar-refractivity contribution in [2.75, 3.05) is 5.32 Å². The quantitative estimate of drug-likeness (QED) is 0.555. The van der Waals surface area contributed by atoms with Crippen LogP contribution < -0.4 is 10.6 Å². The number of imide groups is 1. The highest BCUT2D eigenvalue weighted by atomic mass is 32.2. The molecule has 0 radical (unpaired) electrons. The van der Waals surface area contributed by atoms with Crippen LogP contribution in [0.25, 0.3) is 11.4 Å². The fourth-order valence-corrected chi connectivity index (χ4v) is 3.37. The summed E-state index contributed by atoms with van der Waals surface area (Å²) < 4.78 is 40.3. The molecule has 3 rings (SSSR count). The summed E-state index contributed by atoms with van der Waals surface area (Å²) in [6.07, 6.45) is -1.67. The van der Waals surface area contributed by atoms with E-state index >= 15 is 0 Å². The normalized spacial score (nSPS) is 12.3. The summed E-state index contributed by atoms with van der Waals surface area (Å²) in [6.45, 7) is 0.122. The SMILES string of the molecule is CC(Sc1nnc(-c2ccncc2)n1CC(F)(F)F)C(=O)NC(=O)Nc1ccccc1. The Kier molecular flexibility index (Phi) is 6.90. The summed E-state index contributed by atoms with van der Waals surface area (Å²) in [6, 6.07) is 10.7. The first-order chi connectivity index (χ1) is 14.7. The lowest BCUT2D eigenvalue weighted by molar-refractivity contribution is -0.141. The Balaban J connectivity index is 1.72. The molecule has 0 aliphatic carbocycles. The Labute approximate surface area is 179 Å². The largest absolute Gasteiger partial charge is 0.406 e. The lowest BCUT2D eigenvalue weighted by Crippen LogP contribution is -2.39. The molecule has 2 aromatic heterocycles. The van der Waals surface area contributed by atoms with E-state index in [2.05, 4.69) is 25.8 Å². The number of carbonyl (C=O) groups excluding carboxylic acids is 2. The van der Waals surface area contributed by atoms with Crippen LogP contribution in [0, 0.1) is 0 Å². The number of amides is 3. The molecule has 1 unspecified atom stereocenters. The minimum Gasteiger partial charge on any atom is -0.308 e. The number of alkyl halides is 3. The van der Waals surface area contributed by atoms with Gasteiger partial charge < -0.3 is 5.32 Å². The molecule has 2 heterocycles. The third-order valence-electron chi connectivity index (χ3n) is 3.91. The van der Waals surface area contributed by atoms with E-state index in [9.17, 15) is 22.8 Å². The predicted octanol–water partition coefficient (Wildman–Crippen LogP) is 3.73. The van der Waals surface area contributed by atoms with Gasteiger partial charge in [0, 0.05) is 23.6 Å². The fraction of sp³-hybridized carbons (Fsp3) is 0.211. The van der Waals surface area contributed by atoms with Crippen molar-refractivity contribution in [3.05, 3.63) is 54.9 Å². The van der Waals surface area contributed by atoms with Crippen LogP contribution in [-0.4, -0.2) is 43.1 Å². The van der Waals surface area contributed by atoms with Crippen molar-refractivity contribution < 1.29 is 22.8 Å². The minimum atomic E-state index is -4.53. The van der Waals surface area contributed by atoms with Gasteiger partial charge in [-0.25, -0.2) is 4.79 Å². The highest BCUT2D eigenvalue weighted by Gasteiger charge is 2.32. The van der Waals surface area contributed by atoms with E-state index in [4.69, 9.17) is 0 Å².